The summed E-state index contributed by atoms with van der Waals surface area (Å²) in [5.74, 6) is 0.201. The minimum Gasteiger partial charge on any atom is -0.379 e. The second-order valence-corrected chi connectivity index (χ2v) is 5.62. The topological polar surface area (TPSA) is 49.9 Å². The number of amides is 2. The second-order valence-electron chi connectivity index (χ2n) is 5.62. The summed E-state index contributed by atoms with van der Waals surface area (Å²) in [4.78, 5) is 27.6. The van der Waals surface area contributed by atoms with Crippen LogP contribution < -0.4 is 0 Å². The van der Waals surface area contributed by atoms with Gasteiger partial charge >= 0.3 is 0 Å². The van der Waals surface area contributed by atoms with Crippen molar-refractivity contribution in [3.63, 3.8) is 0 Å². The van der Waals surface area contributed by atoms with Crippen LogP contribution in [0.5, 0.6) is 0 Å². The number of ether oxygens (including phenoxy) is 1. The monoisotopic (exact) mass is 280 g/mol. The first-order valence-corrected chi connectivity index (χ1v) is 7.39. The number of likely N-dealkylation sites (N-methyl/N-ethyl adjacent to an activating group) is 1. The Morgan fingerprint density at radius 3 is 2.55 bits per heavy atom. The van der Waals surface area contributed by atoms with Gasteiger partial charge < -0.3 is 14.5 Å². The molecule has 5 heteroatoms. The Balaban J connectivity index is 1.84. The summed E-state index contributed by atoms with van der Waals surface area (Å²) in [5, 5.41) is 0. The van der Waals surface area contributed by atoms with E-state index in [1.165, 1.54) is 6.08 Å². The van der Waals surface area contributed by atoms with Crippen LogP contribution in [0.3, 0.4) is 0 Å². The van der Waals surface area contributed by atoms with Crippen LogP contribution in [0.25, 0.3) is 0 Å². The quantitative estimate of drug-likeness (QED) is 0.726. The third-order valence-electron chi connectivity index (χ3n) is 4.36. The van der Waals surface area contributed by atoms with Crippen molar-refractivity contribution in [3.05, 3.63) is 12.7 Å². The summed E-state index contributed by atoms with van der Waals surface area (Å²) in [6.07, 6.45) is 4.88. The smallest absolute Gasteiger partial charge is 0.245 e. The molecule has 2 saturated heterocycles. The van der Waals surface area contributed by atoms with E-state index in [9.17, 15) is 9.59 Å². The summed E-state index contributed by atoms with van der Waals surface area (Å²) >= 11 is 0. The number of carbonyl (C=O) groups excluding carboxylic acids is 2. The zero-order chi connectivity index (χ0) is 14.5. The maximum absolute atomic E-state index is 12.5. The van der Waals surface area contributed by atoms with Gasteiger partial charge in [-0.2, -0.15) is 0 Å². The highest BCUT2D eigenvalue weighted by atomic mass is 16.5. The Labute approximate surface area is 120 Å². The van der Waals surface area contributed by atoms with Crippen LogP contribution in [0.1, 0.15) is 25.7 Å². The number of hydrogen-bond acceptors (Lipinski definition) is 3. The van der Waals surface area contributed by atoms with Crippen molar-refractivity contribution in [2.24, 2.45) is 5.92 Å². The molecule has 2 fully saturated rings. The van der Waals surface area contributed by atoms with Crippen LogP contribution in [0, 0.1) is 5.92 Å². The van der Waals surface area contributed by atoms with E-state index in [1.807, 2.05) is 11.9 Å². The first kappa shape index (κ1) is 15.0. The molecule has 20 heavy (non-hydrogen) atoms. The van der Waals surface area contributed by atoms with Gasteiger partial charge in [0.2, 0.25) is 11.8 Å². The molecule has 1 atom stereocenters. The molecular weight excluding hydrogens is 256 g/mol. The average molecular weight is 280 g/mol. The van der Waals surface area contributed by atoms with Gasteiger partial charge in [-0.3, -0.25) is 9.59 Å². The van der Waals surface area contributed by atoms with E-state index in [1.54, 1.807) is 4.90 Å². The minimum atomic E-state index is -0.0371. The molecule has 0 radical (unpaired) electrons. The molecule has 1 unspecified atom stereocenters. The van der Waals surface area contributed by atoms with Gasteiger partial charge in [-0.25, -0.2) is 0 Å². The molecule has 0 saturated carbocycles. The van der Waals surface area contributed by atoms with E-state index in [0.29, 0.717) is 19.7 Å². The number of nitrogens with zero attached hydrogens (tertiary/aromatic N) is 2. The lowest BCUT2D eigenvalue weighted by molar-refractivity contribution is -0.142. The van der Waals surface area contributed by atoms with Gasteiger partial charge in [0.05, 0.1) is 12.6 Å². The molecule has 5 nitrogen and oxygen atoms in total. The lowest BCUT2D eigenvalue weighted by Gasteiger charge is -2.36. The summed E-state index contributed by atoms with van der Waals surface area (Å²) in [7, 11) is 1.88. The van der Waals surface area contributed by atoms with Gasteiger partial charge in [-0.15, -0.1) is 0 Å². The predicted molar refractivity (Wildman–Crippen MR) is 76.1 cm³/mol. The van der Waals surface area contributed by atoms with Crippen LogP contribution in [0.4, 0.5) is 0 Å². The summed E-state index contributed by atoms with van der Waals surface area (Å²) < 4.78 is 5.45. The van der Waals surface area contributed by atoms with Gasteiger partial charge in [0.1, 0.15) is 0 Å². The Morgan fingerprint density at radius 1 is 1.30 bits per heavy atom. The molecule has 0 aliphatic carbocycles. The van der Waals surface area contributed by atoms with E-state index in [-0.39, 0.29) is 23.8 Å². The highest BCUT2D eigenvalue weighted by Crippen LogP contribution is 2.22. The largest absolute Gasteiger partial charge is 0.379 e. The SMILES string of the molecule is C=CC(=O)N1CCC(C(=O)N(C)C2CCCOC2)CC1. The van der Waals surface area contributed by atoms with Crippen LogP contribution in [-0.4, -0.2) is 61.0 Å². The maximum atomic E-state index is 12.5. The zero-order valence-corrected chi connectivity index (χ0v) is 12.2. The molecule has 0 spiro atoms. The molecule has 0 aromatic heterocycles. The fourth-order valence-electron chi connectivity index (χ4n) is 2.97. The molecular formula is C15H24N2O3. The number of piperidine rings is 1. The number of likely N-dealkylation sites (tertiary alicyclic amines) is 1. The van der Waals surface area contributed by atoms with E-state index in [2.05, 4.69) is 6.58 Å². The standard InChI is InChI=1S/C15H24N2O3/c1-3-14(18)17-8-6-12(7-9-17)15(19)16(2)13-5-4-10-20-11-13/h3,12-13H,1,4-11H2,2H3. The zero-order valence-electron chi connectivity index (χ0n) is 12.2. The van der Waals surface area contributed by atoms with Crippen molar-refractivity contribution in [1.82, 2.24) is 9.80 Å². The second kappa shape index (κ2) is 6.88. The minimum absolute atomic E-state index is 0.0371. The van der Waals surface area contributed by atoms with Crippen LogP contribution in [-0.2, 0) is 14.3 Å². The molecule has 0 bridgehead atoms. The lowest BCUT2D eigenvalue weighted by atomic mass is 9.94. The van der Waals surface area contributed by atoms with Crippen molar-refractivity contribution >= 4 is 11.8 Å². The van der Waals surface area contributed by atoms with Gasteiger partial charge in [0.15, 0.2) is 0 Å². The normalized spacial score (nSPS) is 24.2. The highest BCUT2D eigenvalue weighted by Gasteiger charge is 2.31. The van der Waals surface area contributed by atoms with Crippen molar-refractivity contribution in [2.45, 2.75) is 31.7 Å². The van der Waals surface area contributed by atoms with Crippen molar-refractivity contribution in [3.8, 4) is 0 Å². The van der Waals surface area contributed by atoms with E-state index in [0.717, 1.165) is 32.3 Å². The molecule has 0 N–H and O–H groups in total. The van der Waals surface area contributed by atoms with E-state index < -0.39 is 0 Å². The summed E-state index contributed by atoms with van der Waals surface area (Å²) in [6, 6.07) is 0.212. The Morgan fingerprint density at radius 2 is 2.00 bits per heavy atom. The average Bonchev–Trinajstić information content (AvgIpc) is 2.53. The maximum Gasteiger partial charge on any atom is 0.245 e. The van der Waals surface area contributed by atoms with Crippen LogP contribution >= 0.6 is 0 Å². The first-order valence-electron chi connectivity index (χ1n) is 7.39. The molecule has 2 heterocycles. The number of rotatable bonds is 3. The Kier molecular flexibility index (Phi) is 5.17. The molecule has 0 aromatic carbocycles. The predicted octanol–water partition coefficient (Wildman–Crippen LogP) is 1.05. The van der Waals surface area contributed by atoms with Crippen molar-refractivity contribution < 1.29 is 14.3 Å². The summed E-state index contributed by atoms with van der Waals surface area (Å²) in [6.45, 7) is 6.25. The fourth-order valence-corrected chi connectivity index (χ4v) is 2.97. The Bertz CT molecular complexity index is 369. The first-order chi connectivity index (χ1) is 9.63. The molecule has 2 aliphatic heterocycles. The number of carbonyl (C=O) groups is 2. The fraction of sp³-hybridized carbons (Fsp3) is 0.733. The van der Waals surface area contributed by atoms with Gasteiger partial charge in [-0.1, -0.05) is 6.58 Å². The van der Waals surface area contributed by atoms with Crippen LogP contribution in [0.15, 0.2) is 12.7 Å². The summed E-state index contributed by atoms with van der Waals surface area (Å²) in [5.41, 5.74) is 0. The number of hydrogen-bond donors (Lipinski definition) is 0. The van der Waals surface area contributed by atoms with Crippen LogP contribution in [0.2, 0.25) is 0 Å². The highest BCUT2D eigenvalue weighted by molar-refractivity contribution is 5.87. The van der Waals surface area contributed by atoms with Crippen molar-refractivity contribution in [1.29, 1.82) is 0 Å². The van der Waals surface area contributed by atoms with E-state index >= 15 is 0 Å². The Hall–Kier alpha value is -1.36. The molecule has 0 aromatic rings. The third kappa shape index (κ3) is 3.39. The molecule has 2 aliphatic rings. The molecule has 2 amide bonds. The van der Waals surface area contributed by atoms with Crippen molar-refractivity contribution in [2.75, 3.05) is 33.4 Å². The molecule has 112 valence electrons. The molecule has 2 rings (SSSR count). The third-order valence-corrected chi connectivity index (χ3v) is 4.36. The van der Waals surface area contributed by atoms with Gasteiger partial charge in [-0.05, 0) is 31.8 Å². The lowest BCUT2D eigenvalue weighted by Crippen LogP contribution is -2.48. The van der Waals surface area contributed by atoms with Gasteiger partial charge in [0, 0.05) is 32.7 Å². The van der Waals surface area contributed by atoms with Gasteiger partial charge in [0.25, 0.3) is 0 Å². The van der Waals surface area contributed by atoms with E-state index in [4.69, 9.17) is 4.74 Å².